The van der Waals surface area contributed by atoms with Crippen molar-refractivity contribution in [3.05, 3.63) is 0 Å². The van der Waals surface area contributed by atoms with Crippen LogP contribution in [0.4, 0.5) is 0 Å². The monoisotopic (exact) mass is 187 g/mol. The molecule has 2 heteroatoms. The molecular weight excluding hydrogens is 162 g/mol. The molecule has 0 aliphatic carbocycles. The Labute approximate surface area is 83.1 Å². The van der Waals surface area contributed by atoms with Gasteiger partial charge in [-0.25, -0.2) is 0 Å². The van der Waals surface area contributed by atoms with Crippen molar-refractivity contribution in [2.24, 2.45) is 0 Å². The Morgan fingerprint density at radius 3 is 2.08 bits per heavy atom. The Balaban J connectivity index is 3.97. The molecule has 1 N–H and O–H groups in total. The minimum absolute atomic E-state index is 0.0394. The van der Waals surface area contributed by atoms with Gasteiger partial charge in [0.05, 0.1) is 11.7 Å². The standard InChI is InChI=1S/C11H25NO/c1-7-10(12-8-2)9(3)13-11(4,5)6/h9-10,12H,7-8H2,1-6H3. The average Bonchev–Trinajstić information content (AvgIpc) is 1.96. The van der Waals surface area contributed by atoms with Gasteiger partial charge in [-0.2, -0.15) is 0 Å². The summed E-state index contributed by atoms with van der Waals surface area (Å²) in [6.45, 7) is 13.8. The van der Waals surface area contributed by atoms with Crippen molar-refractivity contribution >= 4 is 0 Å². The summed E-state index contributed by atoms with van der Waals surface area (Å²) in [5, 5.41) is 3.43. The van der Waals surface area contributed by atoms with Crippen LogP contribution in [0, 0.1) is 0 Å². The molecule has 0 rings (SSSR count). The maximum Gasteiger partial charge on any atom is 0.0706 e. The van der Waals surface area contributed by atoms with Crippen LogP contribution in [0.25, 0.3) is 0 Å². The molecule has 0 aromatic rings. The van der Waals surface area contributed by atoms with E-state index in [1.165, 1.54) is 0 Å². The number of hydrogen-bond acceptors (Lipinski definition) is 2. The van der Waals surface area contributed by atoms with E-state index in [2.05, 4.69) is 46.9 Å². The molecule has 0 radical (unpaired) electrons. The van der Waals surface area contributed by atoms with E-state index in [-0.39, 0.29) is 11.7 Å². The van der Waals surface area contributed by atoms with E-state index in [0.29, 0.717) is 6.04 Å². The Kier molecular flexibility index (Phi) is 5.57. The third-order valence-electron chi connectivity index (χ3n) is 2.01. The van der Waals surface area contributed by atoms with Crippen LogP contribution >= 0.6 is 0 Å². The van der Waals surface area contributed by atoms with E-state index < -0.39 is 0 Å². The van der Waals surface area contributed by atoms with Gasteiger partial charge in [-0.1, -0.05) is 13.8 Å². The average molecular weight is 187 g/mol. The molecule has 0 spiro atoms. The fraction of sp³-hybridized carbons (Fsp3) is 1.00. The molecule has 0 heterocycles. The quantitative estimate of drug-likeness (QED) is 0.714. The second-order valence-corrected chi connectivity index (χ2v) is 4.51. The van der Waals surface area contributed by atoms with Gasteiger partial charge in [-0.15, -0.1) is 0 Å². The maximum atomic E-state index is 5.88. The molecule has 0 saturated carbocycles. The van der Waals surface area contributed by atoms with Crippen LogP contribution in [0.15, 0.2) is 0 Å². The normalized spacial score (nSPS) is 17.1. The first-order valence-corrected chi connectivity index (χ1v) is 5.32. The van der Waals surface area contributed by atoms with Gasteiger partial charge in [0.2, 0.25) is 0 Å². The van der Waals surface area contributed by atoms with Crippen molar-refractivity contribution < 1.29 is 4.74 Å². The van der Waals surface area contributed by atoms with Crippen molar-refractivity contribution in [1.82, 2.24) is 5.32 Å². The van der Waals surface area contributed by atoms with Crippen LogP contribution < -0.4 is 5.32 Å². The number of nitrogens with one attached hydrogen (secondary N) is 1. The maximum absolute atomic E-state index is 5.88. The van der Waals surface area contributed by atoms with Gasteiger partial charge in [-0.3, -0.25) is 0 Å². The largest absolute Gasteiger partial charge is 0.371 e. The molecule has 80 valence electrons. The summed E-state index contributed by atoms with van der Waals surface area (Å²) >= 11 is 0. The van der Waals surface area contributed by atoms with Crippen LogP contribution in [0.5, 0.6) is 0 Å². The fourth-order valence-corrected chi connectivity index (χ4v) is 1.54. The summed E-state index contributed by atoms with van der Waals surface area (Å²) < 4.78 is 5.88. The number of ether oxygens (including phenoxy) is 1. The molecule has 0 aromatic carbocycles. The lowest BCUT2D eigenvalue weighted by Gasteiger charge is -2.30. The Morgan fingerprint density at radius 2 is 1.77 bits per heavy atom. The summed E-state index contributed by atoms with van der Waals surface area (Å²) in [4.78, 5) is 0. The third kappa shape index (κ3) is 6.05. The van der Waals surface area contributed by atoms with E-state index in [9.17, 15) is 0 Å². The predicted molar refractivity (Wildman–Crippen MR) is 58.1 cm³/mol. The first kappa shape index (κ1) is 12.9. The lowest BCUT2D eigenvalue weighted by Crippen LogP contribution is -2.42. The van der Waals surface area contributed by atoms with Crippen molar-refractivity contribution in [1.29, 1.82) is 0 Å². The summed E-state index contributed by atoms with van der Waals surface area (Å²) in [6, 6.07) is 0.476. The smallest absolute Gasteiger partial charge is 0.0706 e. The Morgan fingerprint density at radius 1 is 1.23 bits per heavy atom. The Hall–Kier alpha value is -0.0800. The van der Waals surface area contributed by atoms with Gasteiger partial charge < -0.3 is 10.1 Å². The van der Waals surface area contributed by atoms with Crippen LogP contribution in [-0.2, 0) is 4.74 Å². The summed E-state index contributed by atoms with van der Waals surface area (Å²) in [7, 11) is 0. The zero-order valence-corrected chi connectivity index (χ0v) is 9.98. The number of hydrogen-bond donors (Lipinski definition) is 1. The molecular formula is C11H25NO. The van der Waals surface area contributed by atoms with Gasteiger partial charge in [0.1, 0.15) is 0 Å². The van der Waals surface area contributed by atoms with Crippen molar-refractivity contribution in [2.75, 3.05) is 6.54 Å². The number of rotatable bonds is 5. The van der Waals surface area contributed by atoms with Gasteiger partial charge in [0.25, 0.3) is 0 Å². The molecule has 2 nitrogen and oxygen atoms in total. The highest BCUT2D eigenvalue weighted by Crippen LogP contribution is 2.14. The summed E-state index contributed by atoms with van der Waals surface area (Å²) in [5.74, 6) is 0. The molecule has 0 saturated heterocycles. The minimum atomic E-state index is -0.0394. The van der Waals surface area contributed by atoms with E-state index in [4.69, 9.17) is 4.74 Å². The van der Waals surface area contributed by atoms with Crippen molar-refractivity contribution in [3.63, 3.8) is 0 Å². The van der Waals surface area contributed by atoms with Crippen LogP contribution in [0.2, 0.25) is 0 Å². The predicted octanol–water partition coefficient (Wildman–Crippen LogP) is 2.58. The molecule has 0 aromatic heterocycles. The zero-order valence-electron chi connectivity index (χ0n) is 9.98. The molecule has 2 unspecified atom stereocenters. The lowest BCUT2D eigenvalue weighted by atomic mass is 10.1. The van der Waals surface area contributed by atoms with Gasteiger partial charge in [0.15, 0.2) is 0 Å². The van der Waals surface area contributed by atoms with Crippen molar-refractivity contribution in [3.8, 4) is 0 Å². The van der Waals surface area contributed by atoms with Crippen LogP contribution in [-0.4, -0.2) is 24.3 Å². The fourth-order valence-electron chi connectivity index (χ4n) is 1.54. The first-order valence-electron chi connectivity index (χ1n) is 5.32. The molecule has 0 aliphatic heterocycles. The lowest BCUT2D eigenvalue weighted by molar-refractivity contribution is -0.0664. The van der Waals surface area contributed by atoms with E-state index in [0.717, 1.165) is 13.0 Å². The number of likely N-dealkylation sites (N-methyl/N-ethyl adjacent to an activating group) is 1. The molecule has 0 bridgehead atoms. The van der Waals surface area contributed by atoms with Crippen LogP contribution in [0.1, 0.15) is 48.0 Å². The highest BCUT2D eigenvalue weighted by Gasteiger charge is 2.20. The first-order chi connectivity index (χ1) is 5.90. The van der Waals surface area contributed by atoms with E-state index >= 15 is 0 Å². The van der Waals surface area contributed by atoms with Gasteiger partial charge >= 0.3 is 0 Å². The molecule has 13 heavy (non-hydrogen) atoms. The second-order valence-electron chi connectivity index (χ2n) is 4.51. The van der Waals surface area contributed by atoms with E-state index in [1.807, 2.05) is 0 Å². The molecule has 2 atom stereocenters. The Bertz CT molecular complexity index is 129. The second kappa shape index (κ2) is 5.61. The van der Waals surface area contributed by atoms with Crippen LogP contribution in [0.3, 0.4) is 0 Å². The van der Waals surface area contributed by atoms with Gasteiger partial charge in [-0.05, 0) is 40.7 Å². The van der Waals surface area contributed by atoms with E-state index in [1.54, 1.807) is 0 Å². The molecule has 0 aliphatic rings. The zero-order chi connectivity index (χ0) is 10.5. The highest BCUT2D eigenvalue weighted by atomic mass is 16.5. The third-order valence-corrected chi connectivity index (χ3v) is 2.01. The van der Waals surface area contributed by atoms with Gasteiger partial charge in [0, 0.05) is 6.04 Å². The highest BCUT2D eigenvalue weighted by molar-refractivity contribution is 4.74. The van der Waals surface area contributed by atoms with Crippen molar-refractivity contribution in [2.45, 2.75) is 65.7 Å². The topological polar surface area (TPSA) is 21.3 Å². The molecule has 0 amide bonds. The minimum Gasteiger partial charge on any atom is -0.371 e. The summed E-state index contributed by atoms with van der Waals surface area (Å²) in [5.41, 5.74) is -0.0394. The SMILES string of the molecule is CCNC(CC)C(C)OC(C)(C)C. The molecule has 0 fully saturated rings. The summed E-state index contributed by atoms with van der Waals surface area (Å²) in [6.07, 6.45) is 1.40.